The van der Waals surface area contributed by atoms with E-state index in [1.807, 2.05) is 6.07 Å². The van der Waals surface area contributed by atoms with Crippen molar-refractivity contribution in [3.05, 3.63) is 72.3 Å². The van der Waals surface area contributed by atoms with Crippen LogP contribution in [0.25, 0.3) is 27.5 Å². The van der Waals surface area contributed by atoms with Crippen molar-refractivity contribution in [1.82, 2.24) is 4.57 Å². The Bertz CT molecular complexity index is 950. The van der Waals surface area contributed by atoms with Gasteiger partial charge in [0.15, 0.2) is 0 Å². The first kappa shape index (κ1) is 12.0. The van der Waals surface area contributed by atoms with Crippen LogP contribution in [0.2, 0.25) is 0 Å². The Morgan fingerprint density at radius 3 is 2.29 bits per heavy atom. The monoisotopic (exact) mass is 272 g/mol. The molecule has 2 heteroatoms. The minimum absolute atomic E-state index is 0.846. The molecule has 0 unspecified atom stereocenters. The van der Waals surface area contributed by atoms with Crippen molar-refractivity contribution >= 4 is 27.5 Å². The molecular formula is C19H16N2. The number of rotatable bonds is 1. The summed E-state index contributed by atoms with van der Waals surface area (Å²) >= 11 is 0. The molecule has 0 spiro atoms. The van der Waals surface area contributed by atoms with Crippen LogP contribution in [0.4, 0.5) is 5.69 Å². The molecule has 2 N–H and O–H groups in total. The second kappa shape index (κ2) is 4.38. The second-order valence-corrected chi connectivity index (χ2v) is 5.41. The van der Waals surface area contributed by atoms with Crippen LogP contribution in [-0.4, -0.2) is 4.57 Å². The van der Waals surface area contributed by atoms with Gasteiger partial charge in [0, 0.05) is 22.1 Å². The number of nitrogens with two attached hydrogens (primary N) is 1. The molecule has 0 radical (unpaired) electrons. The maximum Gasteiger partial charge on any atom is 0.0545 e. The molecule has 0 saturated carbocycles. The van der Waals surface area contributed by atoms with E-state index in [-0.39, 0.29) is 0 Å². The van der Waals surface area contributed by atoms with Crippen LogP contribution in [0, 0.1) is 6.92 Å². The first-order valence-electron chi connectivity index (χ1n) is 7.10. The Balaban J connectivity index is 2.24. The average molecular weight is 272 g/mol. The zero-order valence-electron chi connectivity index (χ0n) is 11.9. The summed E-state index contributed by atoms with van der Waals surface area (Å²) in [6, 6.07) is 23.2. The molecule has 0 aliphatic rings. The highest BCUT2D eigenvalue weighted by Crippen LogP contribution is 2.34. The highest BCUT2D eigenvalue weighted by Gasteiger charge is 2.12. The van der Waals surface area contributed by atoms with Crippen LogP contribution >= 0.6 is 0 Å². The SMILES string of the molecule is Cc1cc2c(cc1N)c1ccccc1n2-c1ccccc1. The Kier molecular flexibility index (Phi) is 2.51. The lowest BCUT2D eigenvalue weighted by atomic mass is 10.1. The first-order valence-corrected chi connectivity index (χ1v) is 7.10. The fourth-order valence-corrected chi connectivity index (χ4v) is 2.99. The van der Waals surface area contributed by atoms with Crippen molar-refractivity contribution in [3.63, 3.8) is 0 Å². The number of aryl methyl sites for hydroxylation is 1. The van der Waals surface area contributed by atoms with Crippen LogP contribution in [0.3, 0.4) is 0 Å². The van der Waals surface area contributed by atoms with E-state index in [1.165, 1.54) is 27.5 Å². The zero-order valence-corrected chi connectivity index (χ0v) is 11.9. The van der Waals surface area contributed by atoms with Crippen LogP contribution in [0.1, 0.15) is 5.56 Å². The van der Waals surface area contributed by atoms with Crippen molar-refractivity contribution in [2.75, 3.05) is 5.73 Å². The van der Waals surface area contributed by atoms with Gasteiger partial charge in [-0.2, -0.15) is 0 Å². The van der Waals surface area contributed by atoms with E-state index in [1.54, 1.807) is 0 Å². The number of fused-ring (bicyclic) bond motifs is 3. The molecule has 2 nitrogen and oxygen atoms in total. The Hall–Kier alpha value is -2.74. The highest BCUT2D eigenvalue weighted by atomic mass is 15.0. The number of anilines is 1. The lowest BCUT2D eigenvalue weighted by molar-refractivity contribution is 1.18. The number of aromatic nitrogens is 1. The standard InChI is InChI=1S/C19H16N2/c1-13-11-19-16(12-17(13)20)15-9-5-6-10-18(15)21(19)14-7-3-2-4-8-14/h2-12H,20H2,1H3. The van der Waals surface area contributed by atoms with Gasteiger partial charge in [-0.25, -0.2) is 0 Å². The predicted octanol–water partition coefficient (Wildman–Crippen LogP) is 4.67. The van der Waals surface area contributed by atoms with Gasteiger partial charge in [-0.15, -0.1) is 0 Å². The molecule has 4 aromatic rings. The molecule has 0 bridgehead atoms. The number of benzene rings is 3. The minimum Gasteiger partial charge on any atom is -0.398 e. The summed E-state index contributed by atoms with van der Waals surface area (Å²) in [4.78, 5) is 0. The summed E-state index contributed by atoms with van der Waals surface area (Å²) in [5.41, 5.74) is 11.7. The van der Waals surface area contributed by atoms with E-state index in [0.717, 1.165) is 11.3 Å². The molecule has 0 aliphatic heterocycles. The van der Waals surface area contributed by atoms with Gasteiger partial charge in [0.1, 0.15) is 0 Å². The van der Waals surface area contributed by atoms with Gasteiger partial charge >= 0.3 is 0 Å². The van der Waals surface area contributed by atoms with Crippen molar-refractivity contribution in [2.24, 2.45) is 0 Å². The molecule has 0 aliphatic carbocycles. The minimum atomic E-state index is 0.846. The van der Waals surface area contributed by atoms with E-state index >= 15 is 0 Å². The van der Waals surface area contributed by atoms with Crippen molar-refractivity contribution in [1.29, 1.82) is 0 Å². The molecule has 4 rings (SSSR count). The maximum atomic E-state index is 6.12. The summed E-state index contributed by atoms with van der Waals surface area (Å²) in [7, 11) is 0. The van der Waals surface area contributed by atoms with E-state index in [9.17, 15) is 0 Å². The van der Waals surface area contributed by atoms with Gasteiger partial charge < -0.3 is 10.3 Å². The number of nitrogens with zero attached hydrogens (tertiary/aromatic N) is 1. The third kappa shape index (κ3) is 1.73. The summed E-state index contributed by atoms with van der Waals surface area (Å²) in [6.45, 7) is 2.06. The third-order valence-corrected chi connectivity index (χ3v) is 4.07. The first-order chi connectivity index (χ1) is 10.3. The molecular weight excluding hydrogens is 256 g/mol. The number of para-hydroxylation sites is 2. The third-order valence-electron chi connectivity index (χ3n) is 4.07. The predicted molar refractivity (Wildman–Crippen MR) is 89.9 cm³/mol. The van der Waals surface area contributed by atoms with Gasteiger partial charge in [0.05, 0.1) is 11.0 Å². The highest BCUT2D eigenvalue weighted by molar-refractivity contribution is 6.10. The molecule has 0 amide bonds. The Labute approximate surface area is 123 Å². The summed E-state index contributed by atoms with van der Waals surface area (Å²) in [5, 5.41) is 2.45. The second-order valence-electron chi connectivity index (χ2n) is 5.41. The molecule has 0 fully saturated rings. The summed E-state index contributed by atoms with van der Waals surface area (Å²) in [5.74, 6) is 0. The van der Waals surface area contributed by atoms with Crippen LogP contribution in [-0.2, 0) is 0 Å². The van der Waals surface area contributed by atoms with Gasteiger partial charge in [-0.1, -0.05) is 36.4 Å². The van der Waals surface area contributed by atoms with Gasteiger partial charge in [0.25, 0.3) is 0 Å². The summed E-state index contributed by atoms with van der Waals surface area (Å²) in [6.07, 6.45) is 0. The van der Waals surface area contributed by atoms with Crippen molar-refractivity contribution in [3.8, 4) is 5.69 Å². The van der Waals surface area contributed by atoms with E-state index in [4.69, 9.17) is 5.73 Å². The van der Waals surface area contributed by atoms with E-state index < -0.39 is 0 Å². The molecule has 1 heterocycles. The normalized spacial score (nSPS) is 11.3. The van der Waals surface area contributed by atoms with E-state index in [2.05, 4.69) is 72.2 Å². The molecule has 0 saturated heterocycles. The largest absolute Gasteiger partial charge is 0.398 e. The Morgan fingerprint density at radius 1 is 0.762 bits per heavy atom. The van der Waals surface area contributed by atoms with Crippen molar-refractivity contribution < 1.29 is 0 Å². The zero-order chi connectivity index (χ0) is 14.4. The van der Waals surface area contributed by atoms with Crippen LogP contribution in [0.15, 0.2) is 66.7 Å². The topological polar surface area (TPSA) is 30.9 Å². The van der Waals surface area contributed by atoms with Crippen molar-refractivity contribution in [2.45, 2.75) is 6.92 Å². The number of hydrogen-bond donors (Lipinski definition) is 1. The lowest BCUT2D eigenvalue weighted by Crippen LogP contribution is -1.94. The van der Waals surface area contributed by atoms with Crippen LogP contribution < -0.4 is 5.73 Å². The van der Waals surface area contributed by atoms with Gasteiger partial charge in [0.2, 0.25) is 0 Å². The molecule has 3 aromatic carbocycles. The number of hydrogen-bond acceptors (Lipinski definition) is 1. The maximum absolute atomic E-state index is 6.12. The molecule has 0 atom stereocenters. The lowest BCUT2D eigenvalue weighted by Gasteiger charge is -2.08. The quantitative estimate of drug-likeness (QED) is 0.501. The fourth-order valence-electron chi connectivity index (χ4n) is 2.99. The van der Waals surface area contributed by atoms with Gasteiger partial charge in [-0.3, -0.25) is 0 Å². The van der Waals surface area contributed by atoms with Gasteiger partial charge in [-0.05, 0) is 42.8 Å². The molecule has 21 heavy (non-hydrogen) atoms. The fraction of sp³-hybridized carbons (Fsp3) is 0.0526. The van der Waals surface area contributed by atoms with Crippen LogP contribution in [0.5, 0.6) is 0 Å². The Morgan fingerprint density at radius 2 is 1.48 bits per heavy atom. The average Bonchev–Trinajstić information content (AvgIpc) is 2.82. The smallest absolute Gasteiger partial charge is 0.0545 e. The number of nitrogen functional groups attached to an aromatic ring is 1. The molecule has 1 aromatic heterocycles. The van der Waals surface area contributed by atoms with E-state index in [0.29, 0.717) is 0 Å². The molecule has 102 valence electrons. The summed E-state index contributed by atoms with van der Waals surface area (Å²) < 4.78 is 2.30.